The zero-order valence-electron chi connectivity index (χ0n) is 19.0. The van der Waals surface area contributed by atoms with Crippen LogP contribution >= 0.6 is 11.3 Å². The molecule has 0 aliphatic heterocycles. The van der Waals surface area contributed by atoms with Gasteiger partial charge in [-0.2, -0.15) is 0 Å². The van der Waals surface area contributed by atoms with Gasteiger partial charge < -0.3 is 5.32 Å². The molecule has 1 N–H and O–H groups in total. The summed E-state index contributed by atoms with van der Waals surface area (Å²) in [4.78, 5) is 18.5. The molecule has 0 spiro atoms. The van der Waals surface area contributed by atoms with Crippen molar-refractivity contribution in [1.82, 2.24) is 10.3 Å². The van der Waals surface area contributed by atoms with Gasteiger partial charge in [0.05, 0.1) is 5.52 Å². The van der Waals surface area contributed by atoms with E-state index in [1.54, 1.807) is 12.3 Å². The van der Waals surface area contributed by atoms with E-state index in [4.69, 9.17) is 0 Å². The van der Waals surface area contributed by atoms with Crippen molar-refractivity contribution in [2.75, 3.05) is 6.54 Å². The number of fused-ring (bicyclic) bond motifs is 3. The predicted molar refractivity (Wildman–Crippen MR) is 139 cm³/mol. The first-order chi connectivity index (χ1) is 16.6. The van der Waals surface area contributed by atoms with Gasteiger partial charge in [-0.15, -0.1) is 11.3 Å². The summed E-state index contributed by atoms with van der Waals surface area (Å²) in [7, 11) is 0. The summed E-state index contributed by atoms with van der Waals surface area (Å²) < 4.78 is 15.0. The highest BCUT2D eigenvalue weighted by atomic mass is 32.1. The third-order valence-electron chi connectivity index (χ3n) is 6.11. The summed E-state index contributed by atoms with van der Waals surface area (Å²) in [6.45, 7) is 2.71. The average molecular weight is 469 g/mol. The monoisotopic (exact) mass is 468 g/mol. The molecular weight excluding hydrogens is 443 g/mol. The molecule has 5 aromatic rings. The maximum absolute atomic E-state index is 14.1. The number of aromatic nitrogens is 1. The molecule has 0 bridgehead atoms. The van der Waals surface area contributed by atoms with E-state index < -0.39 is 0 Å². The maximum atomic E-state index is 14.1. The molecule has 0 unspecified atom stereocenters. The van der Waals surface area contributed by atoms with E-state index in [1.807, 2.05) is 18.2 Å². The fraction of sp³-hybridized carbons (Fsp3) is 0.172. The lowest BCUT2D eigenvalue weighted by Crippen LogP contribution is -2.24. The predicted octanol–water partition coefficient (Wildman–Crippen LogP) is 7.18. The maximum Gasteiger partial charge on any atom is 0.262 e. The third-order valence-corrected chi connectivity index (χ3v) is 7.35. The number of hydrogen-bond donors (Lipinski definition) is 1. The Morgan fingerprint density at radius 3 is 2.53 bits per heavy atom. The first kappa shape index (κ1) is 22.2. The Kier molecular flexibility index (Phi) is 6.37. The van der Waals surface area contributed by atoms with Crippen LogP contribution in [0.4, 0.5) is 4.39 Å². The summed E-state index contributed by atoms with van der Waals surface area (Å²) in [5.41, 5.74) is 5.05. The lowest BCUT2D eigenvalue weighted by Gasteiger charge is -2.08. The number of amides is 1. The zero-order valence-corrected chi connectivity index (χ0v) is 19.8. The Labute approximate surface area is 202 Å². The normalized spacial score (nSPS) is 11.2. The minimum Gasteiger partial charge on any atom is -0.351 e. The lowest BCUT2D eigenvalue weighted by atomic mass is 9.99. The van der Waals surface area contributed by atoms with Gasteiger partial charge in [-0.05, 0) is 54.2 Å². The second-order valence-electron chi connectivity index (χ2n) is 8.36. The number of carbonyl (C=O) groups is 1. The summed E-state index contributed by atoms with van der Waals surface area (Å²) in [6.07, 6.45) is 4.52. The molecule has 2 heterocycles. The molecular formula is C29H25FN2OS. The van der Waals surface area contributed by atoms with Gasteiger partial charge in [-0.3, -0.25) is 9.78 Å². The van der Waals surface area contributed by atoms with Crippen LogP contribution in [-0.2, 0) is 12.8 Å². The van der Waals surface area contributed by atoms with Crippen molar-refractivity contribution in [3.05, 3.63) is 101 Å². The summed E-state index contributed by atoms with van der Waals surface area (Å²) in [5, 5.41) is 4.71. The Morgan fingerprint density at radius 2 is 1.76 bits per heavy atom. The second kappa shape index (κ2) is 9.74. The number of nitrogens with zero attached hydrogens (tertiary/aromatic N) is 1. The van der Waals surface area contributed by atoms with E-state index in [0.29, 0.717) is 11.4 Å². The molecule has 3 nitrogen and oxygen atoms in total. The number of thiophene rings is 1. The molecule has 0 aliphatic carbocycles. The molecule has 0 aliphatic rings. The van der Waals surface area contributed by atoms with Gasteiger partial charge in [0.1, 0.15) is 10.7 Å². The van der Waals surface area contributed by atoms with E-state index in [1.165, 1.54) is 34.6 Å². The number of halogens is 1. The molecule has 3 aromatic carbocycles. The highest BCUT2D eigenvalue weighted by Crippen LogP contribution is 2.41. The van der Waals surface area contributed by atoms with Crippen molar-refractivity contribution >= 4 is 38.2 Å². The van der Waals surface area contributed by atoms with Crippen molar-refractivity contribution in [1.29, 1.82) is 0 Å². The van der Waals surface area contributed by atoms with E-state index in [0.717, 1.165) is 51.4 Å². The standard InChI is InChI=1S/C29H25FN2OS/c1-2-19-10-12-21(13-11-19)26-24-18-32-25-15-14-22(30)17-23(25)27(24)34-28(26)29(33)31-16-6-9-20-7-4-3-5-8-20/h3-5,7-8,10-15,17-18H,2,6,9,16H2,1H3,(H,31,33). The number of nitrogens with one attached hydrogen (secondary N) is 1. The van der Waals surface area contributed by atoms with Crippen LogP contribution in [0.15, 0.2) is 79.0 Å². The quantitative estimate of drug-likeness (QED) is 0.257. The van der Waals surface area contributed by atoms with Crippen LogP contribution in [0.5, 0.6) is 0 Å². The van der Waals surface area contributed by atoms with Crippen LogP contribution in [0.1, 0.15) is 34.1 Å². The smallest absolute Gasteiger partial charge is 0.262 e. The molecule has 0 saturated heterocycles. The van der Waals surface area contributed by atoms with Crippen LogP contribution in [0.3, 0.4) is 0 Å². The molecule has 0 atom stereocenters. The third kappa shape index (κ3) is 4.44. The highest BCUT2D eigenvalue weighted by Gasteiger charge is 2.21. The Hall–Kier alpha value is -3.57. The van der Waals surface area contributed by atoms with Crippen LogP contribution in [-0.4, -0.2) is 17.4 Å². The first-order valence-electron chi connectivity index (χ1n) is 11.6. The number of benzene rings is 3. The van der Waals surface area contributed by atoms with Crippen molar-refractivity contribution < 1.29 is 9.18 Å². The number of carbonyl (C=O) groups excluding carboxylic acids is 1. The van der Waals surface area contributed by atoms with E-state index in [9.17, 15) is 9.18 Å². The van der Waals surface area contributed by atoms with Gasteiger partial charge in [0.2, 0.25) is 0 Å². The van der Waals surface area contributed by atoms with E-state index in [2.05, 4.69) is 53.6 Å². The Bertz CT molecular complexity index is 1460. The van der Waals surface area contributed by atoms with Gasteiger partial charge in [-0.1, -0.05) is 61.5 Å². The fourth-order valence-electron chi connectivity index (χ4n) is 4.28. The number of rotatable bonds is 7. The van der Waals surface area contributed by atoms with Gasteiger partial charge in [0, 0.05) is 33.8 Å². The molecule has 34 heavy (non-hydrogen) atoms. The van der Waals surface area contributed by atoms with Crippen LogP contribution in [0.25, 0.3) is 32.1 Å². The summed E-state index contributed by atoms with van der Waals surface area (Å²) in [6, 6.07) is 23.2. The van der Waals surface area contributed by atoms with Gasteiger partial charge in [0.25, 0.3) is 5.91 Å². The molecule has 2 aromatic heterocycles. The molecule has 0 saturated carbocycles. The molecule has 0 radical (unpaired) electrons. The molecule has 170 valence electrons. The van der Waals surface area contributed by atoms with Crippen molar-refractivity contribution in [2.45, 2.75) is 26.2 Å². The van der Waals surface area contributed by atoms with E-state index >= 15 is 0 Å². The van der Waals surface area contributed by atoms with Crippen LogP contribution in [0.2, 0.25) is 0 Å². The zero-order chi connectivity index (χ0) is 23.5. The number of pyridine rings is 1. The number of aryl methyl sites for hydroxylation is 2. The molecule has 0 fully saturated rings. The lowest BCUT2D eigenvalue weighted by molar-refractivity contribution is 0.0958. The Balaban J connectivity index is 1.51. The topological polar surface area (TPSA) is 42.0 Å². The van der Waals surface area contributed by atoms with Crippen molar-refractivity contribution in [2.24, 2.45) is 0 Å². The molecule has 1 amide bonds. The highest BCUT2D eigenvalue weighted by molar-refractivity contribution is 7.22. The van der Waals surface area contributed by atoms with Crippen molar-refractivity contribution in [3.8, 4) is 11.1 Å². The van der Waals surface area contributed by atoms with Gasteiger partial charge in [-0.25, -0.2) is 4.39 Å². The molecule has 5 heteroatoms. The van der Waals surface area contributed by atoms with Gasteiger partial charge >= 0.3 is 0 Å². The minimum absolute atomic E-state index is 0.103. The van der Waals surface area contributed by atoms with E-state index in [-0.39, 0.29) is 11.7 Å². The molecule has 5 rings (SSSR count). The summed E-state index contributed by atoms with van der Waals surface area (Å²) in [5.74, 6) is -0.413. The Morgan fingerprint density at radius 1 is 0.971 bits per heavy atom. The summed E-state index contributed by atoms with van der Waals surface area (Å²) >= 11 is 1.41. The second-order valence-corrected chi connectivity index (χ2v) is 9.38. The average Bonchev–Trinajstić information content (AvgIpc) is 3.27. The SMILES string of the molecule is CCc1ccc(-c2c(C(=O)NCCCc3ccccc3)sc3c2cnc2ccc(F)cc23)cc1. The largest absolute Gasteiger partial charge is 0.351 e. The van der Waals surface area contributed by atoms with Gasteiger partial charge in [0.15, 0.2) is 0 Å². The minimum atomic E-state index is -0.309. The van der Waals surface area contributed by atoms with Crippen LogP contribution in [0, 0.1) is 5.82 Å². The van der Waals surface area contributed by atoms with Crippen LogP contribution < -0.4 is 5.32 Å². The van der Waals surface area contributed by atoms with Crippen molar-refractivity contribution in [3.63, 3.8) is 0 Å². The number of hydrogen-bond acceptors (Lipinski definition) is 3. The fourth-order valence-corrected chi connectivity index (χ4v) is 5.51. The first-order valence-corrected chi connectivity index (χ1v) is 12.4.